The number of benzene rings is 1. The van der Waals surface area contributed by atoms with Crippen molar-refractivity contribution in [3.05, 3.63) is 67.0 Å². The van der Waals surface area contributed by atoms with Crippen molar-refractivity contribution in [3.8, 4) is 11.3 Å². The number of hydrogen-bond donors (Lipinski definition) is 1. The Morgan fingerprint density at radius 3 is 2.62 bits per heavy atom. The van der Waals surface area contributed by atoms with Gasteiger partial charge in [0.25, 0.3) is 5.91 Å². The van der Waals surface area contributed by atoms with E-state index in [4.69, 9.17) is 0 Å². The number of amides is 1. The van der Waals surface area contributed by atoms with Crippen LogP contribution < -0.4 is 5.32 Å². The SMILES string of the molecule is C=C(C)C(=O)Nc1ccc(-c2cn3ccccc3n2)cc1. The Morgan fingerprint density at radius 2 is 1.95 bits per heavy atom. The number of anilines is 1. The van der Waals surface area contributed by atoms with Crippen LogP contribution in [0.15, 0.2) is 67.0 Å². The van der Waals surface area contributed by atoms with Gasteiger partial charge < -0.3 is 9.72 Å². The summed E-state index contributed by atoms with van der Waals surface area (Å²) in [5.41, 5.74) is 4.05. The number of carbonyl (C=O) groups excluding carboxylic acids is 1. The molecular formula is C17H15N3O. The fraction of sp³-hybridized carbons (Fsp3) is 0.0588. The number of imidazole rings is 1. The molecule has 0 aliphatic carbocycles. The molecule has 0 unspecified atom stereocenters. The van der Waals surface area contributed by atoms with E-state index in [1.165, 1.54) is 0 Å². The van der Waals surface area contributed by atoms with E-state index in [1.807, 2.05) is 59.3 Å². The summed E-state index contributed by atoms with van der Waals surface area (Å²) in [5.74, 6) is -0.171. The zero-order chi connectivity index (χ0) is 14.8. The number of nitrogens with one attached hydrogen (secondary N) is 1. The molecule has 1 N–H and O–H groups in total. The average Bonchev–Trinajstić information content (AvgIpc) is 2.91. The van der Waals surface area contributed by atoms with Crippen molar-refractivity contribution in [2.24, 2.45) is 0 Å². The van der Waals surface area contributed by atoms with Gasteiger partial charge in [-0.3, -0.25) is 4.79 Å². The maximum absolute atomic E-state index is 11.6. The first-order valence-corrected chi connectivity index (χ1v) is 6.64. The van der Waals surface area contributed by atoms with Crippen molar-refractivity contribution < 1.29 is 4.79 Å². The maximum atomic E-state index is 11.6. The van der Waals surface area contributed by atoms with Crippen LogP contribution in [0.2, 0.25) is 0 Å². The van der Waals surface area contributed by atoms with Gasteiger partial charge in [-0.15, -0.1) is 0 Å². The van der Waals surface area contributed by atoms with E-state index in [2.05, 4.69) is 16.9 Å². The van der Waals surface area contributed by atoms with E-state index in [-0.39, 0.29) is 5.91 Å². The van der Waals surface area contributed by atoms with Crippen LogP contribution in [0, 0.1) is 0 Å². The Bertz CT molecular complexity index is 782. The van der Waals surface area contributed by atoms with Crippen molar-refractivity contribution in [1.82, 2.24) is 9.38 Å². The number of rotatable bonds is 3. The van der Waals surface area contributed by atoms with Crippen LogP contribution in [0.1, 0.15) is 6.92 Å². The van der Waals surface area contributed by atoms with Crippen molar-refractivity contribution in [2.75, 3.05) is 5.32 Å². The summed E-state index contributed by atoms with van der Waals surface area (Å²) in [7, 11) is 0. The minimum atomic E-state index is -0.171. The first-order chi connectivity index (χ1) is 10.1. The predicted octanol–water partition coefficient (Wildman–Crippen LogP) is 3.52. The van der Waals surface area contributed by atoms with Crippen molar-refractivity contribution in [3.63, 3.8) is 0 Å². The molecule has 0 aliphatic rings. The zero-order valence-electron chi connectivity index (χ0n) is 11.7. The van der Waals surface area contributed by atoms with Crippen LogP contribution >= 0.6 is 0 Å². The van der Waals surface area contributed by atoms with Gasteiger partial charge in [0, 0.05) is 29.2 Å². The highest BCUT2D eigenvalue weighted by Crippen LogP contribution is 2.21. The quantitative estimate of drug-likeness (QED) is 0.745. The highest BCUT2D eigenvalue weighted by Gasteiger charge is 2.05. The minimum absolute atomic E-state index is 0.171. The van der Waals surface area contributed by atoms with Gasteiger partial charge in [0.1, 0.15) is 5.65 Å². The lowest BCUT2D eigenvalue weighted by Gasteiger charge is -2.05. The fourth-order valence-corrected chi connectivity index (χ4v) is 2.04. The standard InChI is InChI=1S/C17H15N3O/c1-12(2)17(21)18-14-8-6-13(7-9-14)15-11-20-10-4-3-5-16(20)19-15/h3-11H,1H2,2H3,(H,18,21). The predicted molar refractivity (Wildman–Crippen MR) is 84.1 cm³/mol. The first-order valence-electron chi connectivity index (χ1n) is 6.64. The smallest absolute Gasteiger partial charge is 0.250 e. The largest absolute Gasteiger partial charge is 0.322 e. The van der Waals surface area contributed by atoms with Crippen molar-refractivity contribution in [1.29, 1.82) is 0 Å². The number of nitrogens with zero attached hydrogens (tertiary/aromatic N) is 2. The summed E-state index contributed by atoms with van der Waals surface area (Å²) in [6, 6.07) is 13.5. The summed E-state index contributed by atoms with van der Waals surface area (Å²) in [6.07, 6.45) is 3.95. The molecule has 0 bridgehead atoms. The number of carbonyl (C=O) groups is 1. The fourth-order valence-electron chi connectivity index (χ4n) is 2.04. The summed E-state index contributed by atoms with van der Waals surface area (Å²) >= 11 is 0. The molecule has 2 heterocycles. The third-order valence-electron chi connectivity index (χ3n) is 3.19. The van der Waals surface area contributed by atoms with Gasteiger partial charge in [0.15, 0.2) is 0 Å². The molecule has 3 aromatic rings. The molecule has 0 fully saturated rings. The van der Waals surface area contributed by atoms with E-state index < -0.39 is 0 Å². The van der Waals surface area contributed by atoms with Crippen molar-refractivity contribution >= 4 is 17.2 Å². The number of fused-ring (bicyclic) bond motifs is 1. The van der Waals surface area contributed by atoms with Crippen LogP contribution in [0.25, 0.3) is 16.9 Å². The van der Waals surface area contributed by atoms with Crippen LogP contribution in [0.3, 0.4) is 0 Å². The zero-order valence-corrected chi connectivity index (χ0v) is 11.7. The van der Waals surface area contributed by atoms with Gasteiger partial charge in [-0.05, 0) is 31.2 Å². The monoisotopic (exact) mass is 277 g/mol. The second kappa shape index (κ2) is 5.25. The number of pyridine rings is 1. The normalized spacial score (nSPS) is 10.5. The highest BCUT2D eigenvalue weighted by atomic mass is 16.1. The first kappa shape index (κ1) is 13.1. The molecule has 104 valence electrons. The molecule has 0 saturated heterocycles. The van der Waals surface area contributed by atoms with Crippen LogP contribution in [-0.2, 0) is 4.79 Å². The van der Waals surface area contributed by atoms with Gasteiger partial charge in [-0.2, -0.15) is 0 Å². The van der Waals surface area contributed by atoms with Gasteiger partial charge in [-0.25, -0.2) is 4.98 Å². The Kier molecular flexibility index (Phi) is 3.28. The second-order valence-electron chi connectivity index (χ2n) is 4.90. The third-order valence-corrected chi connectivity index (χ3v) is 3.19. The van der Waals surface area contributed by atoms with Gasteiger partial charge in [0.05, 0.1) is 5.69 Å². The Balaban J connectivity index is 1.86. The summed E-state index contributed by atoms with van der Waals surface area (Å²) < 4.78 is 1.98. The van der Waals surface area contributed by atoms with E-state index in [9.17, 15) is 4.79 Å². The molecule has 0 spiro atoms. The molecule has 3 rings (SSSR count). The number of hydrogen-bond acceptors (Lipinski definition) is 2. The van der Waals surface area contributed by atoms with Crippen LogP contribution in [0.5, 0.6) is 0 Å². The molecule has 4 nitrogen and oxygen atoms in total. The van der Waals surface area contributed by atoms with Gasteiger partial charge in [0.2, 0.25) is 0 Å². The Hall–Kier alpha value is -2.88. The van der Waals surface area contributed by atoms with Crippen molar-refractivity contribution in [2.45, 2.75) is 6.92 Å². The molecule has 0 saturated carbocycles. The molecule has 21 heavy (non-hydrogen) atoms. The Labute approximate surface area is 122 Å². The van der Waals surface area contributed by atoms with Crippen LogP contribution in [0.4, 0.5) is 5.69 Å². The second-order valence-corrected chi connectivity index (χ2v) is 4.90. The molecule has 0 atom stereocenters. The highest BCUT2D eigenvalue weighted by molar-refractivity contribution is 6.02. The summed E-state index contributed by atoms with van der Waals surface area (Å²) in [5, 5.41) is 2.78. The van der Waals surface area contributed by atoms with Crippen LogP contribution in [-0.4, -0.2) is 15.3 Å². The lowest BCUT2D eigenvalue weighted by Crippen LogP contribution is -2.11. The molecule has 1 aromatic carbocycles. The maximum Gasteiger partial charge on any atom is 0.250 e. The van der Waals surface area contributed by atoms with Gasteiger partial charge >= 0.3 is 0 Å². The van der Waals surface area contributed by atoms with E-state index in [0.717, 1.165) is 22.6 Å². The minimum Gasteiger partial charge on any atom is -0.322 e. The molecular weight excluding hydrogens is 262 g/mol. The molecule has 1 amide bonds. The Morgan fingerprint density at radius 1 is 1.19 bits per heavy atom. The molecule has 4 heteroatoms. The lowest BCUT2D eigenvalue weighted by molar-refractivity contribution is -0.112. The topological polar surface area (TPSA) is 46.4 Å². The third kappa shape index (κ3) is 2.69. The molecule has 2 aromatic heterocycles. The average molecular weight is 277 g/mol. The van der Waals surface area contributed by atoms with Gasteiger partial charge in [-0.1, -0.05) is 24.8 Å². The lowest BCUT2D eigenvalue weighted by atomic mass is 10.1. The summed E-state index contributed by atoms with van der Waals surface area (Å²) in [6.45, 7) is 5.30. The van der Waals surface area contributed by atoms with E-state index in [1.54, 1.807) is 6.92 Å². The molecule has 0 radical (unpaired) electrons. The van der Waals surface area contributed by atoms with E-state index >= 15 is 0 Å². The van der Waals surface area contributed by atoms with E-state index in [0.29, 0.717) is 5.57 Å². The number of aromatic nitrogens is 2. The molecule has 0 aliphatic heterocycles. The summed E-state index contributed by atoms with van der Waals surface area (Å²) in [4.78, 5) is 16.1.